The van der Waals surface area contributed by atoms with Gasteiger partial charge in [-0.2, -0.15) is 0 Å². The number of aromatic nitrogens is 1. The van der Waals surface area contributed by atoms with Gasteiger partial charge in [-0.1, -0.05) is 12.2 Å². The number of amides is 1. The molecule has 0 fully saturated rings. The first-order chi connectivity index (χ1) is 8.75. The molecule has 0 unspecified atom stereocenters. The predicted octanol–water partition coefficient (Wildman–Crippen LogP) is 2.33. The Hall–Kier alpha value is -1.88. The first-order valence-corrected chi connectivity index (χ1v) is 6.65. The number of nitrogens with two attached hydrogens (primary N) is 1. The van der Waals surface area contributed by atoms with Gasteiger partial charge in [-0.25, -0.2) is 0 Å². The standard InChI is InChI=1S/C13H13N3OS/c14-11-9-5-6-15-7-10(9)18-12(11)13(17)16-8-3-1-2-4-8/h1-2,5-8H,3-4,14H2,(H,16,17). The maximum atomic E-state index is 12.2. The zero-order chi connectivity index (χ0) is 12.5. The number of carbonyl (C=O) groups is 1. The summed E-state index contributed by atoms with van der Waals surface area (Å²) in [5, 5.41) is 3.91. The molecule has 2 heterocycles. The average molecular weight is 259 g/mol. The van der Waals surface area contributed by atoms with Crippen molar-refractivity contribution in [2.45, 2.75) is 18.9 Å². The number of nitrogens with one attached hydrogen (secondary N) is 1. The fraction of sp³-hybridized carbons (Fsp3) is 0.231. The molecule has 0 saturated carbocycles. The molecule has 1 aliphatic carbocycles. The second-order valence-corrected chi connectivity index (χ2v) is 5.38. The van der Waals surface area contributed by atoms with Gasteiger partial charge in [0, 0.05) is 23.8 Å². The van der Waals surface area contributed by atoms with Gasteiger partial charge < -0.3 is 11.1 Å². The number of hydrogen-bond donors (Lipinski definition) is 2. The van der Waals surface area contributed by atoms with E-state index in [1.807, 2.05) is 6.07 Å². The minimum atomic E-state index is -0.0811. The molecule has 0 radical (unpaired) electrons. The molecular formula is C13H13N3OS. The Bertz CT molecular complexity index is 624. The Kier molecular flexibility index (Phi) is 2.76. The van der Waals surface area contributed by atoms with E-state index in [0.29, 0.717) is 10.6 Å². The molecule has 1 amide bonds. The summed E-state index contributed by atoms with van der Waals surface area (Å²) in [4.78, 5) is 16.8. The van der Waals surface area contributed by atoms with Crippen LogP contribution in [-0.2, 0) is 0 Å². The number of rotatable bonds is 2. The molecule has 3 N–H and O–H groups in total. The molecule has 1 aliphatic rings. The van der Waals surface area contributed by atoms with E-state index in [9.17, 15) is 4.79 Å². The van der Waals surface area contributed by atoms with Gasteiger partial charge in [-0.3, -0.25) is 9.78 Å². The monoisotopic (exact) mass is 259 g/mol. The van der Waals surface area contributed by atoms with E-state index in [1.165, 1.54) is 11.3 Å². The van der Waals surface area contributed by atoms with E-state index in [4.69, 9.17) is 5.73 Å². The third-order valence-electron chi connectivity index (χ3n) is 3.08. The van der Waals surface area contributed by atoms with E-state index < -0.39 is 0 Å². The van der Waals surface area contributed by atoms with Crippen molar-refractivity contribution in [1.82, 2.24) is 10.3 Å². The molecule has 5 heteroatoms. The van der Waals surface area contributed by atoms with Crippen LogP contribution in [0.15, 0.2) is 30.6 Å². The number of thiophene rings is 1. The van der Waals surface area contributed by atoms with Crippen LogP contribution < -0.4 is 11.1 Å². The normalized spacial score (nSPS) is 15.3. The van der Waals surface area contributed by atoms with E-state index in [1.54, 1.807) is 12.4 Å². The van der Waals surface area contributed by atoms with Crippen LogP contribution in [0.25, 0.3) is 10.1 Å². The maximum Gasteiger partial charge on any atom is 0.263 e. The number of nitrogen functional groups attached to an aromatic ring is 1. The molecule has 2 aromatic rings. The van der Waals surface area contributed by atoms with Crippen molar-refractivity contribution in [2.75, 3.05) is 5.73 Å². The highest BCUT2D eigenvalue weighted by atomic mass is 32.1. The summed E-state index contributed by atoms with van der Waals surface area (Å²) in [5.74, 6) is -0.0811. The van der Waals surface area contributed by atoms with Crippen LogP contribution in [0.1, 0.15) is 22.5 Å². The summed E-state index contributed by atoms with van der Waals surface area (Å²) in [5.41, 5.74) is 6.58. The highest BCUT2D eigenvalue weighted by Crippen LogP contribution is 2.32. The molecule has 0 aliphatic heterocycles. The third-order valence-corrected chi connectivity index (χ3v) is 4.24. The van der Waals surface area contributed by atoms with Crippen LogP contribution in [0.3, 0.4) is 0 Å². The van der Waals surface area contributed by atoms with Crippen LogP contribution in [0, 0.1) is 0 Å². The van der Waals surface area contributed by atoms with Crippen LogP contribution in [0.2, 0.25) is 0 Å². The van der Waals surface area contributed by atoms with Crippen LogP contribution in [-0.4, -0.2) is 16.9 Å². The summed E-state index contributed by atoms with van der Waals surface area (Å²) in [6.07, 6.45) is 9.40. The zero-order valence-electron chi connectivity index (χ0n) is 9.72. The van der Waals surface area contributed by atoms with Crippen LogP contribution >= 0.6 is 11.3 Å². The van der Waals surface area contributed by atoms with E-state index in [0.717, 1.165) is 22.9 Å². The number of hydrogen-bond acceptors (Lipinski definition) is 4. The number of nitrogens with zero attached hydrogens (tertiary/aromatic N) is 1. The Morgan fingerprint density at radius 2 is 2.22 bits per heavy atom. The van der Waals surface area contributed by atoms with E-state index in [2.05, 4.69) is 22.5 Å². The van der Waals surface area contributed by atoms with E-state index >= 15 is 0 Å². The molecule has 3 rings (SSSR count). The minimum absolute atomic E-state index is 0.0811. The lowest BCUT2D eigenvalue weighted by molar-refractivity contribution is 0.0944. The Morgan fingerprint density at radius 1 is 1.44 bits per heavy atom. The van der Waals surface area contributed by atoms with Crippen molar-refractivity contribution < 1.29 is 4.79 Å². The third kappa shape index (κ3) is 1.86. The zero-order valence-corrected chi connectivity index (χ0v) is 10.5. The van der Waals surface area contributed by atoms with Crippen molar-refractivity contribution in [1.29, 1.82) is 0 Å². The lowest BCUT2D eigenvalue weighted by atomic mass is 10.2. The Labute approximate surface area is 109 Å². The SMILES string of the molecule is Nc1c(C(=O)NC2CC=CC2)sc2cnccc12. The van der Waals surface area contributed by atoms with Gasteiger partial charge in [0.25, 0.3) is 5.91 Å². The molecule has 4 nitrogen and oxygen atoms in total. The first kappa shape index (κ1) is 11.2. The maximum absolute atomic E-state index is 12.2. The van der Waals surface area contributed by atoms with Crippen molar-refractivity contribution in [3.8, 4) is 0 Å². The van der Waals surface area contributed by atoms with Gasteiger partial charge in [0.15, 0.2) is 0 Å². The summed E-state index contributed by atoms with van der Waals surface area (Å²) in [7, 11) is 0. The summed E-state index contributed by atoms with van der Waals surface area (Å²) < 4.78 is 0.949. The molecule has 0 spiro atoms. The largest absolute Gasteiger partial charge is 0.397 e. The second kappa shape index (κ2) is 4.42. The lowest BCUT2D eigenvalue weighted by Gasteiger charge is -2.11. The number of carbonyl (C=O) groups excluding carboxylic acids is 1. The molecule has 0 aromatic carbocycles. The number of fused-ring (bicyclic) bond motifs is 1. The quantitative estimate of drug-likeness (QED) is 0.813. The smallest absolute Gasteiger partial charge is 0.263 e. The Balaban J connectivity index is 1.89. The lowest BCUT2D eigenvalue weighted by Crippen LogP contribution is -2.32. The van der Waals surface area contributed by atoms with Crippen molar-refractivity contribution in [3.63, 3.8) is 0 Å². The molecule has 18 heavy (non-hydrogen) atoms. The highest BCUT2D eigenvalue weighted by molar-refractivity contribution is 7.21. The van der Waals surface area contributed by atoms with Gasteiger partial charge >= 0.3 is 0 Å². The van der Waals surface area contributed by atoms with Gasteiger partial charge in [0.2, 0.25) is 0 Å². The van der Waals surface area contributed by atoms with Crippen molar-refractivity contribution in [3.05, 3.63) is 35.5 Å². The molecule has 0 atom stereocenters. The minimum Gasteiger partial charge on any atom is -0.397 e. The summed E-state index contributed by atoms with van der Waals surface area (Å²) >= 11 is 1.40. The molecule has 2 aromatic heterocycles. The predicted molar refractivity (Wildman–Crippen MR) is 73.7 cm³/mol. The first-order valence-electron chi connectivity index (χ1n) is 5.83. The van der Waals surface area contributed by atoms with Crippen LogP contribution in [0.4, 0.5) is 5.69 Å². The second-order valence-electron chi connectivity index (χ2n) is 4.33. The average Bonchev–Trinajstić information content (AvgIpc) is 2.98. The van der Waals surface area contributed by atoms with Gasteiger partial charge in [-0.15, -0.1) is 11.3 Å². The van der Waals surface area contributed by atoms with Gasteiger partial charge in [0.05, 0.1) is 10.4 Å². The van der Waals surface area contributed by atoms with Crippen LogP contribution in [0.5, 0.6) is 0 Å². The summed E-state index contributed by atoms with van der Waals surface area (Å²) in [6, 6.07) is 2.05. The van der Waals surface area contributed by atoms with Gasteiger partial charge in [0.1, 0.15) is 4.88 Å². The number of anilines is 1. The van der Waals surface area contributed by atoms with Gasteiger partial charge in [-0.05, 0) is 18.9 Å². The van der Waals surface area contributed by atoms with Crippen molar-refractivity contribution in [2.24, 2.45) is 0 Å². The molecule has 0 saturated heterocycles. The molecule has 0 bridgehead atoms. The fourth-order valence-corrected chi connectivity index (χ4v) is 3.12. The summed E-state index contributed by atoms with van der Waals surface area (Å²) in [6.45, 7) is 0. The van der Waals surface area contributed by atoms with Crippen molar-refractivity contribution >= 4 is 33.0 Å². The Morgan fingerprint density at radius 3 is 2.94 bits per heavy atom. The highest BCUT2D eigenvalue weighted by Gasteiger charge is 2.19. The number of pyridine rings is 1. The molecule has 92 valence electrons. The fourth-order valence-electron chi connectivity index (χ4n) is 2.13. The topological polar surface area (TPSA) is 68.0 Å². The van der Waals surface area contributed by atoms with E-state index in [-0.39, 0.29) is 11.9 Å². The molecular weight excluding hydrogens is 246 g/mol.